The van der Waals surface area contributed by atoms with Crippen molar-refractivity contribution in [2.75, 3.05) is 12.4 Å². The van der Waals surface area contributed by atoms with E-state index in [0.29, 0.717) is 34.8 Å². The Hall–Kier alpha value is -2.89. The molecule has 1 amide bonds. The Bertz CT molecular complexity index is 838. The summed E-state index contributed by atoms with van der Waals surface area (Å²) in [5, 5.41) is 2.89. The summed E-state index contributed by atoms with van der Waals surface area (Å²) in [6.07, 6.45) is 3.75. The van der Waals surface area contributed by atoms with Gasteiger partial charge in [0.15, 0.2) is 5.58 Å². The highest BCUT2D eigenvalue weighted by atomic mass is 16.5. The van der Waals surface area contributed by atoms with E-state index >= 15 is 0 Å². The fraction of sp³-hybridized carbons (Fsp3) is 0.278. The van der Waals surface area contributed by atoms with Gasteiger partial charge in [0.2, 0.25) is 11.8 Å². The normalized spacial score (nSPS) is 11.0. The number of fused-ring (bicyclic) bond motifs is 1. The molecule has 1 N–H and O–H groups in total. The predicted molar refractivity (Wildman–Crippen MR) is 91.9 cm³/mol. The van der Waals surface area contributed by atoms with Crippen LogP contribution in [0.5, 0.6) is 5.75 Å². The maximum absolute atomic E-state index is 12.1. The standard InChI is InChI=1S/C18H19N3O3/c1-11(2)8-17(22)20-13-9-12(4-5-15(13)23-3)18-21-14-10-19-7-6-16(14)24-18/h4-7,9-11H,8H2,1-3H3,(H,20,22). The first-order chi connectivity index (χ1) is 11.6. The van der Waals surface area contributed by atoms with Crippen LogP contribution in [-0.2, 0) is 4.79 Å². The summed E-state index contributed by atoms with van der Waals surface area (Å²) in [5.41, 5.74) is 2.71. The molecule has 0 spiro atoms. The van der Waals surface area contributed by atoms with Crippen LogP contribution in [0.4, 0.5) is 5.69 Å². The monoisotopic (exact) mass is 325 g/mol. The summed E-state index contributed by atoms with van der Waals surface area (Å²) in [4.78, 5) is 20.5. The van der Waals surface area contributed by atoms with Crippen LogP contribution in [0.15, 0.2) is 41.1 Å². The lowest BCUT2D eigenvalue weighted by atomic mass is 10.1. The number of aromatic nitrogens is 2. The number of carbonyl (C=O) groups excluding carboxylic acids is 1. The van der Waals surface area contributed by atoms with Crippen molar-refractivity contribution in [1.82, 2.24) is 9.97 Å². The maximum Gasteiger partial charge on any atom is 0.227 e. The molecule has 1 aromatic carbocycles. The number of benzene rings is 1. The van der Waals surface area contributed by atoms with Crippen molar-refractivity contribution >= 4 is 22.7 Å². The van der Waals surface area contributed by atoms with Crippen molar-refractivity contribution in [3.8, 4) is 17.2 Å². The van der Waals surface area contributed by atoms with Gasteiger partial charge >= 0.3 is 0 Å². The number of methoxy groups -OCH3 is 1. The minimum absolute atomic E-state index is 0.0535. The van der Waals surface area contributed by atoms with E-state index < -0.39 is 0 Å². The number of hydrogen-bond donors (Lipinski definition) is 1. The first-order valence-corrected chi connectivity index (χ1v) is 7.75. The first kappa shape index (κ1) is 16.0. The van der Waals surface area contributed by atoms with Crippen molar-refractivity contribution in [3.63, 3.8) is 0 Å². The Morgan fingerprint density at radius 3 is 2.88 bits per heavy atom. The van der Waals surface area contributed by atoms with Crippen LogP contribution in [0, 0.1) is 5.92 Å². The Morgan fingerprint density at radius 1 is 1.33 bits per heavy atom. The van der Waals surface area contributed by atoms with E-state index in [-0.39, 0.29) is 11.8 Å². The largest absolute Gasteiger partial charge is 0.495 e. The lowest BCUT2D eigenvalue weighted by Crippen LogP contribution is -2.14. The molecule has 0 aliphatic carbocycles. The maximum atomic E-state index is 12.1. The van der Waals surface area contributed by atoms with Crippen LogP contribution in [0.1, 0.15) is 20.3 Å². The highest BCUT2D eigenvalue weighted by Crippen LogP contribution is 2.31. The van der Waals surface area contributed by atoms with E-state index in [9.17, 15) is 4.79 Å². The second-order valence-corrected chi connectivity index (χ2v) is 5.92. The van der Waals surface area contributed by atoms with Crippen LogP contribution in [0.3, 0.4) is 0 Å². The van der Waals surface area contributed by atoms with Gasteiger partial charge in [-0.25, -0.2) is 4.98 Å². The number of carbonyl (C=O) groups is 1. The van der Waals surface area contributed by atoms with Crippen molar-refractivity contribution in [3.05, 3.63) is 36.7 Å². The van der Waals surface area contributed by atoms with Gasteiger partial charge < -0.3 is 14.5 Å². The molecular weight excluding hydrogens is 306 g/mol. The molecule has 0 saturated heterocycles. The highest BCUT2D eigenvalue weighted by Gasteiger charge is 2.14. The van der Waals surface area contributed by atoms with E-state index in [0.717, 1.165) is 5.56 Å². The molecule has 0 atom stereocenters. The molecule has 0 aliphatic rings. The molecule has 3 rings (SSSR count). The third kappa shape index (κ3) is 3.37. The highest BCUT2D eigenvalue weighted by molar-refractivity contribution is 5.93. The number of amides is 1. The van der Waals surface area contributed by atoms with Gasteiger partial charge in [0.05, 0.1) is 19.0 Å². The van der Waals surface area contributed by atoms with Gasteiger partial charge in [0, 0.05) is 24.2 Å². The molecule has 3 aromatic rings. The second-order valence-electron chi connectivity index (χ2n) is 5.92. The molecule has 0 bridgehead atoms. The number of rotatable bonds is 5. The first-order valence-electron chi connectivity index (χ1n) is 7.75. The number of hydrogen-bond acceptors (Lipinski definition) is 5. The van der Waals surface area contributed by atoms with E-state index in [1.165, 1.54) is 0 Å². The second kappa shape index (κ2) is 6.70. The molecule has 2 aromatic heterocycles. The molecule has 0 unspecified atom stereocenters. The lowest BCUT2D eigenvalue weighted by Gasteiger charge is -2.12. The minimum Gasteiger partial charge on any atom is -0.495 e. The average molecular weight is 325 g/mol. The third-order valence-corrected chi connectivity index (χ3v) is 3.50. The van der Waals surface area contributed by atoms with Crippen LogP contribution in [0.25, 0.3) is 22.6 Å². The minimum atomic E-state index is -0.0535. The molecule has 0 saturated carbocycles. The SMILES string of the molecule is COc1ccc(-c2nc3cnccc3o2)cc1NC(=O)CC(C)C. The lowest BCUT2D eigenvalue weighted by molar-refractivity contribution is -0.116. The third-order valence-electron chi connectivity index (χ3n) is 3.50. The van der Waals surface area contributed by atoms with Crippen molar-refractivity contribution in [2.45, 2.75) is 20.3 Å². The van der Waals surface area contributed by atoms with Crippen molar-refractivity contribution < 1.29 is 13.9 Å². The summed E-state index contributed by atoms with van der Waals surface area (Å²) in [5.74, 6) is 1.29. The van der Waals surface area contributed by atoms with E-state index in [2.05, 4.69) is 15.3 Å². The van der Waals surface area contributed by atoms with Crippen LogP contribution >= 0.6 is 0 Å². The number of anilines is 1. The van der Waals surface area contributed by atoms with Gasteiger partial charge in [-0.1, -0.05) is 13.8 Å². The average Bonchev–Trinajstić information content (AvgIpc) is 2.98. The molecule has 6 nitrogen and oxygen atoms in total. The van der Waals surface area contributed by atoms with E-state index in [1.807, 2.05) is 19.9 Å². The van der Waals surface area contributed by atoms with Crippen molar-refractivity contribution in [2.24, 2.45) is 5.92 Å². The van der Waals surface area contributed by atoms with E-state index in [4.69, 9.17) is 9.15 Å². The number of nitrogens with one attached hydrogen (secondary N) is 1. The Balaban J connectivity index is 1.94. The van der Waals surface area contributed by atoms with Crippen molar-refractivity contribution in [1.29, 1.82) is 0 Å². The smallest absolute Gasteiger partial charge is 0.227 e. The summed E-state index contributed by atoms with van der Waals surface area (Å²) >= 11 is 0. The molecule has 6 heteroatoms. The fourth-order valence-electron chi connectivity index (χ4n) is 2.41. The topological polar surface area (TPSA) is 77.2 Å². The summed E-state index contributed by atoms with van der Waals surface area (Å²) in [6.45, 7) is 4.00. The summed E-state index contributed by atoms with van der Waals surface area (Å²) in [6, 6.07) is 7.19. The van der Waals surface area contributed by atoms with Gasteiger partial charge in [-0.05, 0) is 24.1 Å². The predicted octanol–water partition coefficient (Wildman–Crippen LogP) is 3.88. The van der Waals surface area contributed by atoms with Gasteiger partial charge in [0.25, 0.3) is 0 Å². The Labute approximate surface area is 139 Å². The summed E-state index contributed by atoms with van der Waals surface area (Å²) < 4.78 is 11.1. The quantitative estimate of drug-likeness (QED) is 0.770. The molecule has 2 heterocycles. The van der Waals surface area contributed by atoms with Crippen LogP contribution in [0.2, 0.25) is 0 Å². The number of pyridine rings is 1. The van der Waals surface area contributed by atoms with Gasteiger partial charge in [0.1, 0.15) is 11.3 Å². The zero-order valence-corrected chi connectivity index (χ0v) is 13.9. The van der Waals surface area contributed by atoms with Gasteiger partial charge in [-0.15, -0.1) is 0 Å². The number of nitrogens with zero attached hydrogens (tertiary/aromatic N) is 2. The fourth-order valence-corrected chi connectivity index (χ4v) is 2.41. The summed E-state index contributed by atoms with van der Waals surface area (Å²) in [7, 11) is 1.57. The zero-order valence-electron chi connectivity index (χ0n) is 13.9. The Morgan fingerprint density at radius 2 is 2.17 bits per heavy atom. The molecule has 0 aliphatic heterocycles. The number of oxazole rings is 1. The van der Waals surface area contributed by atoms with E-state index in [1.54, 1.807) is 37.7 Å². The van der Waals surface area contributed by atoms with Gasteiger partial charge in [-0.3, -0.25) is 9.78 Å². The van der Waals surface area contributed by atoms with Crippen LogP contribution in [-0.4, -0.2) is 23.0 Å². The Kier molecular flexibility index (Phi) is 4.46. The molecule has 124 valence electrons. The van der Waals surface area contributed by atoms with Crippen LogP contribution < -0.4 is 10.1 Å². The zero-order chi connectivity index (χ0) is 17.1. The van der Waals surface area contributed by atoms with Gasteiger partial charge in [-0.2, -0.15) is 0 Å². The molecule has 24 heavy (non-hydrogen) atoms. The molecule has 0 radical (unpaired) electrons. The number of ether oxygens (including phenoxy) is 1. The molecule has 0 fully saturated rings. The molecular formula is C18H19N3O3.